The number of anilines is 1. The summed E-state index contributed by atoms with van der Waals surface area (Å²) >= 11 is 11.7. The molecule has 0 spiro atoms. The zero-order chi connectivity index (χ0) is 14.5. The third-order valence-corrected chi connectivity index (χ3v) is 5.66. The lowest BCUT2D eigenvalue weighted by Gasteiger charge is -2.14. The molecule has 0 aromatic carbocycles. The van der Waals surface area contributed by atoms with E-state index in [1.807, 2.05) is 0 Å². The lowest BCUT2D eigenvalue weighted by molar-refractivity contribution is 0.514. The monoisotopic (exact) mass is 330 g/mol. The van der Waals surface area contributed by atoms with Gasteiger partial charge >= 0.3 is 0 Å². The minimum Gasteiger partial charge on any atom is -0.283 e. The average molecular weight is 331 g/mol. The minimum atomic E-state index is -3.81. The summed E-state index contributed by atoms with van der Waals surface area (Å²) in [5.74, 6) is -2.56. The molecule has 1 heterocycles. The Kier molecular flexibility index (Phi) is 3.43. The van der Waals surface area contributed by atoms with Crippen molar-refractivity contribution >= 4 is 38.9 Å². The molecule has 1 unspecified atom stereocenters. The van der Waals surface area contributed by atoms with E-state index in [4.69, 9.17) is 23.2 Å². The van der Waals surface area contributed by atoms with Crippen LogP contribution in [-0.4, -0.2) is 23.5 Å². The van der Waals surface area contributed by atoms with Gasteiger partial charge < -0.3 is 0 Å². The van der Waals surface area contributed by atoms with Crippen molar-refractivity contribution in [2.75, 3.05) is 10.5 Å². The third-order valence-electron chi connectivity index (χ3n) is 2.91. The Labute approximate surface area is 119 Å². The number of rotatable bonds is 4. The van der Waals surface area contributed by atoms with Gasteiger partial charge in [-0.05, 0) is 6.42 Å². The molecule has 1 N–H and O–H groups in total. The van der Waals surface area contributed by atoms with Gasteiger partial charge in [0.05, 0.1) is 11.4 Å². The van der Waals surface area contributed by atoms with E-state index < -0.39 is 31.7 Å². The molecule has 19 heavy (non-hydrogen) atoms. The molecule has 0 aliphatic heterocycles. The van der Waals surface area contributed by atoms with Crippen molar-refractivity contribution in [3.05, 3.63) is 24.0 Å². The van der Waals surface area contributed by atoms with E-state index in [0.29, 0.717) is 6.42 Å². The van der Waals surface area contributed by atoms with Crippen LogP contribution in [-0.2, 0) is 10.0 Å². The molecule has 106 valence electrons. The summed E-state index contributed by atoms with van der Waals surface area (Å²) in [6.07, 6.45) is 0.336. The Balaban J connectivity index is 2.14. The van der Waals surface area contributed by atoms with Crippen LogP contribution < -0.4 is 4.72 Å². The molecule has 0 radical (unpaired) electrons. The second-order valence-corrected chi connectivity index (χ2v) is 8.01. The molecule has 1 aliphatic rings. The summed E-state index contributed by atoms with van der Waals surface area (Å²) in [6, 6.07) is 1.56. The van der Waals surface area contributed by atoms with Gasteiger partial charge in [0.15, 0.2) is 0 Å². The van der Waals surface area contributed by atoms with Crippen LogP contribution in [0.3, 0.4) is 0 Å². The van der Waals surface area contributed by atoms with Crippen LogP contribution in [0.5, 0.6) is 0 Å². The van der Waals surface area contributed by atoms with Gasteiger partial charge in [-0.3, -0.25) is 4.72 Å². The highest BCUT2D eigenvalue weighted by Gasteiger charge is 2.64. The lowest BCUT2D eigenvalue weighted by atomic mass is 10.2. The van der Waals surface area contributed by atoms with E-state index in [1.165, 1.54) is 0 Å². The van der Waals surface area contributed by atoms with Crippen molar-refractivity contribution in [3.63, 3.8) is 0 Å². The molecule has 1 aliphatic carbocycles. The molecule has 1 aromatic rings. The Hall–Kier alpha value is -0.660. The van der Waals surface area contributed by atoms with Gasteiger partial charge in [-0.1, -0.05) is 6.92 Å². The van der Waals surface area contributed by atoms with E-state index in [-0.39, 0.29) is 11.4 Å². The molecule has 1 atom stereocenters. The Morgan fingerprint density at radius 2 is 1.84 bits per heavy atom. The van der Waals surface area contributed by atoms with Gasteiger partial charge in [-0.25, -0.2) is 8.42 Å². The number of nitrogens with one attached hydrogen (secondary N) is 1. The topological polar surface area (TPSA) is 59.1 Å². The number of sulfonamides is 1. The number of halogens is 4. The van der Waals surface area contributed by atoms with E-state index in [2.05, 4.69) is 9.71 Å². The fourth-order valence-corrected chi connectivity index (χ4v) is 4.38. The first-order chi connectivity index (χ1) is 8.53. The summed E-state index contributed by atoms with van der Waals surface area (Å²) in [5.41, 5.74) is -1.00. The van der Waals surface area contributed by atoms with E-state index in [1.54, 1.807) is 6.92 Å². The molecule has 0 amide bonds. The van der Waals surface area contributed by atoms with E-state index in [0.717, 1.165) is 12.1 Å². The van der Waals surface area contributed by atoms with Crippen molar-refractivity contribution in [2.24, 2.45) is 5.41 Å². The van der Waals surface area contributed by atoms with Crippen LogP contribution in [0.15, 0.2) is 12.1 Å². The predicted octanol–water partition coefficient (Wildman–Crippen LogP) is 2.69. The highest BCUT2D eigenvalue weighted by Crippen LogP contribution is 2.64. The minimum absolute atomic E-state index is 0.232. The van der Waals surface area contributed by atoms with Crippen molar-refractivity contribution in [3.8, 4) is 0 Å². The van der Waals surface area contributed by atoms with Crippen molar-refractivity contribution in [1.29, 1.82) is 0 Å². The molecule has 2 rings (SSSR count). The molecule has 4 nitrogen and oxygen atoms in total. The molecule has 1 saturated carbocycles. The van der Waals surface area contributed by atoms with Gasteiger partial charge in [0.25, 0.3) is 0 Å². The quantitative estimate of drug-likeness (QED) is 0.682. The van der Waals surface area contributed by atoms with E-state index >= 15 is 0 Å². The summed E-state index contributed by atoms with van der Waals surface area (Å²) in [4.78, 5) is 2.86. The zero-order valence-electron chi connectivity index (χ0n) is 9.75. The first kappa shape index (κ1) is 14.7. The Morgan fingerprint density at radius 1 is 1.37 bits per heavy atom. The van der Waals surface area contributed by atoms with Gasteiger partial charge in [0, 0.05) is 17.5 Å². The maximum atomic E-state index is 12.8. The lowest BCUT2D eigenvalue weighted by Crippen LogP contribution is -2.25. The number of aromatic nitrogens is 1. The third kappa shape index (κ3) is 3.27. The van der Waals surface area contributed by atoms with Crippen molar-refractivity contribution in [1.82, 2.24) is 4.98 Å². The van der Waals surface area contributed by atoms with Crippen LogP contribution in [0.1, 0.15) is 13.3 Å². The smallest absolute Gasteiger partial charge is 0.233 e. The normalized spacial score (nSPS) is 25.1. The van der Waals surface area contributed by atoms with Crippen LogP contribution in [0.25, 0.3) is 0 Å². The van der Waals surface area contributed by atoms with Gasteiger partial charge in [-0.2, -0.15) is 13.8 Å². The van der Waals surface area contributed by atoms with Gasteiger partial charge in [0.2, 0.25) is 21.9 Å². The molecule has 9 heteroatoms. The SMILES string of the molecule is CC1(CS(=O)(=O)Nc2cc(F)nc(F)c2)CC1(Cl)Cl. The first-order valence-corrected chi connectivity index (χ1v) is 7.65. The molecule has 0 saturated heterocycles. The highest BCUT2D eigenvalue weighted by atomic mass is 35.5. The number of hydrogen-bond acceptors (Lipinski definition) is 3. The Bertz CT molecular complexity index is 604. The van der Waals surface area contributed by atoms with Gasteiger partial charge in [-0.15, -0.1) is 23.2 Å². The highest BCUT2D eigenvalue weighted by molar-refractivity contribution is 7.92. The summed E-state index contributed by atoms with van der Waals surface area (Å²) < 4.78 is 50.4. The number of hydrogen-bond donors (Lipinski definition) is 1. The summed E-state index contributed by atoms with van der Waals surface area (Å²) in [5, 5.41) is 0. The van der Waals surface area contributed by atoms with Gasteiger partial charge in [0.1, 0.15) is 4.33 Å². The number of alkyl halides is 2. The Morgan fingerprint density at radius 3 is 2.26 bits per heavy atom. The zero-order valence-corrected chi connectivity index (χ0v) is 12.1. The number of pyridine rings is 1. The molecular weight excluding hydrogens is 321 g/mol. The average Bonchev–Trinajstić information content (AvgIpc) is 2.58. The first-order valence-electron chi connectivity index (χ1n) is 5.24. The second kappa shape index (κ2) is 4.43. The number of nitrogens with zero attached hydrogens (tertiary/aromatic N) is 1. The molecule has 1 aromatic heterocycles. The maximum absolute atomic E-state index is 12.8. The largest absolute Gasteiger partial charge is 0.283 e. The maximum Gasteiger partial charge on any atom is 0.233 e. The fourth-order valence-electron chi connectivity index (χ4n) is 1.76. The van der Waals surface area contributed by atoms with Crippen LogP contribution >= 0.6 is 23.2 Å². The fraction of sp³-hybridized carbons (Fsp3) is 0.500. The van der Waals surface area contributed by atoms with Crippen LogP contribution in [0.4, 0.5) is 14.5 Å². The van der Waals surface area contributed by atoms with Crippen LogP contribution in [0, 0.1) is 17.3 Å². The van der Waals surface area contributed by atoms with Crippen molar-refractivity contribution in [2.45, 2.75) is 17.7 Å². The molecule has 1 fully saturated rings. The second-order valence-electron chi connectivity index (χ2n) is 4.80. The molecular formula is C10H10Cl2F2N2O2S. The summed E-state index contributed by atoms with van der Waals surface area (Å²) in [7, 11) is -3.81. The van der Waals surface area contributed by atoms with E-state index in [9.17, 15) is 17.2 Å². The van der Waals surface area contributed by atoms with Crippen molar-refractivity contribution < 1.29 is 17.2 Å². The molecule has 0 bridgehead atoms. The predicted molar refractivity (Wildman–Crippen MR) is 68.7 cm³/mol. The van der Waals surface area contributed by atoms with Crippen LogP contribution in [0.2, 0.25) is 0 Å². The standard InChI is InChI=1S/C10H10Cl2F2N2O2S/c1-9(4-10(9,11)12)5-19(17,18)16-6-2-7(13)15-8(14)3-6/h2-3H,4-5H2,1H3,(H,15,16). The summed E-state index contributed by atoms with van der Waals surface area (Å²) in [6.45, 7) is 1.62.